The molecule has 1 aromatic carbocycles. The Kier molecular flexibility index (Phi) is 3.98. The van der Waals surface area contributed by atoms with Crippen LogP contribution < -0.4 is 10.5 Å². The summed E-state index contributed by atoms with van der Waals surface area (Å²) in [4.78, 5) is 6.56. The number of nitrogens with two attached hydrogens (primary N) is 1. The van der Waals surface area contributed by atoms with Crippen LogP contribution in [0.25, 0.3) is 0 Å². The van der Waals surface area contributed by atoms with E-state index in [9.17, 15) is 8.42 Å². The van der Waals surface area contributed by atoms with Gasteiger partial charge in [-0.2, -0.15) is 8.42 Å². The van der Waals surface area contributed by atoms with E-state index < -0.39 is 10.0 Å². The number of H-pyrrole nitrogens is 1. The Hall–Kier alpha value is -1.64. The molecule has 0 amide bonds. The van der Waals surface area contributed by atoms with Gasteiger partial charge in [-0.1, -0.05) is 23.8 Å². The monoisotopic (exact) mass is 330 g/mol. The summed E-state index contributed by atoms with van der Waals surface area (Å²) >= 11 is 10.7. The van der Waals surface area contributed by atoms with Crippen LogP contribution in [0.15, 0.2) is 29.4 Å². The van der Waals surface area contributed by atoms with Crippen LogP contribution in [0, 0.1) is 6.92 Å². The Morgan fingerprint density at radius 1 is 1.50 bits per heavy atom. The first-order valence-corrected chi connectivity index (χ1v) is 7.70. The maximum Gasteiger partial charge on any atom is 0.279 e. The first-order chi connectivity index (χ1) is 9.29. The van der Waals surface area contributed by atoms with Gasteiger partial charge in [-0.15, -0.1) is 0 Å². The number of anilines is 1. The maximum atomic E-state index is 12.2. The molecule has 9 heteroatoms. The van der Waals surface area contributed by atoms with Crippen LogP contribution in [-0.4, -0.2) is 23.4 Å². The molecule has 0 aliphatic rings. The lowest BCUT2D eigenvalue weighted by Crippen LogP contribution is -2.18. The largest absolute Gasteiger partial charge is 0.389 e. The maximum absolute atomic E-state index is 12.2. The predicted molar refractivity (Wildman–Crippen MR) is 81.5 cm³/mol. The van der Waals surface area contributed by atoms with Crippen molar-refractivity contribution < 1.29 is 8.42 Å². The molecule has 0 aliphatic heterocycles. The van der Waals surface area contributed by atoms with E-state index >= 15 is 0 Å². The topological polar surface area (TPSA) is 101 Å². The number of aromatic amines is 1. The minimum Gasteiger partial charge on any atom is -0.389 e. The number of benzene rings is 1. The quantitative estimate of drug-likeness (QED) is 0.742. The summed E-state index contributed by atoms with van der Waals surface area (Å²) in [6.07, 6.45) is 1.22. The number of nitrogens with one attached hydrogen (secondary N) is 2. The van der Waals surface area contributed by atoms with E-state index in [1.165, 1.54) is 12.3 Å². The van der Waals surface area contributed by atoms with Gasteiger partial charge in [0.15, 0.2) is 5.03 Å². The van der Waals surface area contributed by atoms with Crippen LogP contribution >= 0.6 is 23.8 Å². The first-order valence-electron chi connectivity index (χ1n) is 5.43. The molecule has 1 aromatic heterocycles. The Labute approximate surface area is 126 Å². The molecule has 2 aromatic rings. The molecule has 6 nitrogen and oxygen atoms in total. The minimum atomic E-state index is -3.81. The zero-order chi connectivity index (χ0) is 14.9. The van der Waals surface area contributed by atoms with Crippen LogP contribution in [0.3, 0.4) is 0 Å². The highest BCUT2D eigenvalue weighted by atomic mass is 35.5. The molecule has 0 saturated heterocycles. The average Bonchev–Trinajstić information content (AvgIpc) is 2.75. The van der Waals surface area contributed by atoms with Crippen LogP contribution in [0.2, 0.25) is 5.02 Å². The van der Waals surface area contributed by atoms with Crippen LogP contribution in [0.1, 0.15) is 11.4 Å². The van der Waals surface area contributed by atoms with Crippen molar-refractivity contribution in [1.82, 2.24) is 9.97 Å². The van der Waals surface area contributed by atoms with Gasteiger partial charge in [0.1, 0.15) is 10.8 Å². The summed E-state index contributed by atoms with van der Waals surface area (Å²) in [5.74, 6) is 0.492. The molecular formula is C11H11ClN4O2S2. The number of rotatable bonds is 4. The standard InChI is InChI=1S/C11H11ClN4O2S2/c1-6-14-5-10(15-6)20(17,18)16-9-4-7(12)2-3-8(9)11(13)19/h2-5,16H,1H3,(H2,13,19)(H,14,15). The van der Waals surface area contributed by atoms with Crippen molar-refractivity contribution in [2.24, 2.45) is 5.73 Å². The van der Waals surface area contributed by atoms with Gasteiger partial charge >= 0.3 is 0 Å². The number of hydrogen-bond acceptors (Lipinski definition) is 4. The van der Waals surface area contributed by atoms with Gasteiger partial charge in [-0.25, -0.2) is 4.98 Å². The lowest BCUT2D eigenvalue weighted by Gasteiger charge is -2.11. The second kappa shape index (κ2) is 5.39. The SMILES string of the molecule is Cc1ncc(S(=O)(=O)Nc2cc(Cl)ccc2C(N)=S)[nH]1. The molecule has 0 atom stereocenters. The van der Waals surface area contributed by atoms with Crippen LogP contribution in [0.4, 0.5) is 5.69 Å². The van der Waals surface area contributed by atoms with E-state index in [-0.39, 0.29) is 15.7 Å². The second-order valence-electron chi connectivity index (χ2n) is 3.99. The molecule has 1 heterocycles. The van der Waals surface area contributed by atoms with E-state index in [1.807, 2.05) is 0 Å². The zero-order valence-corrected chi connectivity index (χ0v) is 12.7. The highest BCUT2D eigenvalue weighted by Gasteiger charge is 2.19. The van der Waals surface area contributed by atoms with Crippen molar-refractivity contribution in [3.05, 3.63) is 40.8 Å². The van der Waals surface area contributed by atoms with Gasteiger partial charge in [0.2, 0.25) is 0 Å². The summed E-state index contributed by atoms with van der Waals surface area (Å²) in [5.41, 5.74) is 6.17. The molecule has 0 aliphatic carbocycles. The van der Waals surface area contributed by atoms with Crippen molar-refractivity contribution in [3.63, 3.8) is 0 Å². The van der Waals surface area contributed by atoms with Gasteiger partial charge in [0.05, 0.1) is 11.9 Å². The van der Waals surface area contributed by atoms with E-state index in [1.54, 1.807) is 19.1 Å². The number of sulfonamides is 1. The third-order valence-electron chi connectivity index (χ3n) is 2.46. The van der Waals surface area contributed by atoms with E-state index in [0.717, 1.165) is 0 Å². The fourth-order valence-corrected chi connectivity index (χ4v) is 2.94. The number of halogens is 1. The normalized spacial score (nSPS) is 11.3. The summed E-state index contributed by atoms with van der Waals surface area (Å²) in [5, 5.41) is 0.312. The molecule has 0 fully saturated rings. The molecule has 2 rings (SSSR count). The first kappa shape index (κ1) is 14.8. The molecule has 0 bridgehead atoms. The van der Waals surface area contributed by atoms with Gasteiger partial charge in [0, 0.05) is 10.6 Å². The molecule has 0 saturated carbocycles. The zero-order valence-electron chi connectivity index (χ0n) is 10.3. The number of hydrogen-bond donors (Lipinski definition) is 3. The highest BCUT2D eigenvalue weighted by Crippen LogP contribution is 2.23. The Morgan fingerprint density at radius 2 is 2.20 bits per heavy atom. The average molecular weight is 331 g/mol. The molecule has 20 heavy (non-hydrogen) atoms. The second-order valence-corrected chi connectivity index (χ2v) is 6.52. The third-order valence-corrected chi connectivity index (χ3v) is 4.19. The number of aromatic nitrogens is 2. The molecule has 106 valence electrons. The molecule has 0 radical (unpaired) electrons. The van der Waals surface area contributed by atoms with Crippen molar-refractivity contribution in [2.45, 2.75) is 11.9 Å². The van der Waals surface area contributed by atoms with Crippen LogP contribution in [-0.2, 0) is 10.0 Å². The molecule has 4 N–H and O–H groups in total. The van der Waals surface area contributed by atoms with Gasteiger partial charge in [-0.05, 0) is 25.1 Å². The summed E-state index contributed by atoms with van der Waals surface area (Å²) < 4.78 is 26.8. The van der Waals surface area contributed by atoms with Crippen molar-refractivity contribution in [1.29, 1.82) is 0 Å². The van der Waals surface area contributed by atoms with Gasteiger partial charge in [0.25, 0.3) is 10.0 Å². The van der Waals surface area contributed by atoms with E-state index in [0.29, 0.717) is 16.4 Å². The molecule has 0 unspecified atom stereocenters. The Morgan fingerprint density at radius 3 is 2.75 bits per heavy atom. The summed E-state index contributed by atoms with van der Waals surface area (Å²) in [6.45, 7) is 1.65. The number of thiocarbonyl (C=S) groups is 1. The smallest absolute Gasteiger partial charge is 0.279 e. The summed E-state index contributed by atoms with van der Waals surface area (Å²) in [6, 6.07) is 4.58. The Balaban J connectivity index is 2.44. The summed E-state index contributed by atoms with van der Waals surface area (Å²) in [7, 11) is -3.81. The lowest BCUT2D eigenvalue weighted by atomic mass is 10.2. The molecule has 0 spiro atoms. The number of nitrogens with zero attached hydrogens (tertiary/aromatic N) is 1. The van der Waals surface area contributed by atoms with E-state index in [2.05, 4.69) is 14.7 Å². The number of imidazole rings is 1. The third kappa shape index (κ3) is 3.09. The van der Waals surface area contributed by atoms with Gasteiger partial charge in [-0.3, -0.25) is 4.72 Å². The van der Waals surface area contributed by atoms with Gasteiger partial charge < -0.3 is 10.7 Å². The van der Waals surface area contributed by atoms with Crippen molar-refractivity contribution in [2.75, 3.05) is 4.72 Å². The van der Waals surface area contributed by atoms with E-state index in [4.69, 9.17) is 29.6 Å². The number of aryl methyl sites for hydroxylation is 1. The predicted octanol–water partition coefficient (Wildman–Crippen LogP) is 1.81. The van der Waals surface area contributed by atoms with Crippen LogP contribution in [0.5, 0.6) is 0 Å². The highest BCUT2D eigenvalue weighted by molar-refractivity contribution is 7.92. The minimum absolute atomic E-state index is 0.0520. The fourth-order valence-electron chi connectivity index (χ4n) is 1.55. The fraction of sp³-hybridized carbons (Fsp3) is 0.0909. The molecular weight excluding hydrogens is 320 g/mol. The van der Waals surface area contributed by atoms with Crippen molar-refractivity contribution >= 4 is 44.5 Å². The van der Waals surface area contributed by atoms with Crippen molar-refractivity contribution in [3.8, 4) is 0 Å². The lowest BCUT2D eigenvalue weighted by molar-refractivity contribution is 0.598. The Bertz CT molecular complexity index is 770.